The number of phenolic OH excluding ortho intramolecular Hbond substituents is 1. The number of carbonyl (C=O) groups is 2. The fraction of sp³-hybridized carbons (Fsp3) is 0.394. The number of aliphatic hydroxyl groups is 2. The Labute approximate surface area is 257 Å². The van der Waals surface area contributed by atoms with E-state index in [1.807, 2.05) is 54.4 Å². The third-order valence-electron chi connectivity index (χ3n) is 7.49. The molecule has 1 aliphatic heterocycles. The summed E-state index contributed by atoms with van der Waals surface area (Å²) in [6, 6.07) is 21.5. The first kappa shape index (κ1) is 33.1. The average molecular weight is 608 g/mol. The van der Waals surface area contributed by atoms with E-state index >= 15 is 0 Å². The van der Waals surface area contributed by atoms with Crippen molar-refractivity contribution in [2.75, 3.05) is 25.5 Å². The van der Waals surface area contributed by atoms with Crippen molar-refractivity contribution < 1.29 is 39.6 Å². The van der Waals surface area contributed by atoms with E-state index in [2.05, 4.69) is 5.32 Å². The number of carbonyl (C=O) groups excluding carboxylic acids is 2. The van der Waals surface area contributed by atoms with Gasteiger partial charge in [-0.1, -0.05) is 48.5 Å². The van der Waals surface area contributed by atoms with E-state index in [-0.39, 0.29) is 43.3 Å². The molecule has 44 heavy (non-hydrogen) atoms. The molecule has 0 radical (unpaired) electrons. The number of hydrogen-bond acceptors (Lipinski definition) is 9. The number of nitrogens with one attached hydrogen (secondary N) is 2. The molecule has 4 unspecified atom stereocenters. The quantitative estimate of drug-likeness (QED) is 0.0901. The third-order valence-corrected chi connectivity index (χ3v) is 7.49. The lowest BCUT2D eigenvalue weighted by atomic mass is 9.99. The Balaban J connectivity index is 1.44. The minimum atomic E-state index is -0.795. The van der Waals surface area contributed by atoms with E-state index in [9.17, 15) is 24.9 Å². The summed E-state index contributed by atoms with van der Waals surface area (Å²) in [7, 11) is 1.90. The Bertz CT molecular complexity index is 1370. The number of likely N-dealkylation sites (N-methyl/N-ethyl adjacent to an activating group) is 1. The van der Waals surface area contributed by atoms with Gasteiger partial charge in [0.25, 0.3) is 0 Å². The van der Waals surface area contributed by atoms with Crippen LogP contribution in [0.2, 0.25) is 0 Å². The van der Waals surface area contributed by atoms with E-state index in [0.29, 0.717) is 43.6 Å². The second-order valence-electron chi connectivity index (χ2n) is 11.1. The van der Waals surface area contributed by atoms with Crippen LogP contribution in [0.1, 0.15) is 72.9 Å². The summed E-state index contributed by atoms with van der Waals surface area (Å²) >= 11 is 0. The number of rotatable bonds is 14. The first-order chi connectivity index (χ1) is 21.2. The van der Waals surface area contributed by atoms with Crippen molar-refractivity contribution in [3.8, 4) is 5.75 Å². The number of benzene rings is 3. The van der Waals surface area contributed by atoms with Crippen LogP contribution in [0, 0.1) is 0 Å². The maximum Gasteiger partial charge on any atom is 0.243 e. The molecule has 1 fully saturated rings. The maximum absolute atomic E-state index is 12.5. The van der Waals surface area contributed by atoms with Crippen LogP contribution in [0.3, 0.4) is 0 Å². The van der Waals surface area contributed by atoms with Gasteiger partial charge in [-0.2, -0.15) is 0 Å². The molecule has 4 atom stereocenters. The summed E-state index contributed by atoms with van der Waals surface area (Å²) in [4.78, 5) is 25.6. The van der Waals surface area contributed by atoms with Crippen molar-refractivity contribution in [1.29, 1.82) is 0 Å². The molecule has 3 aromatic rings. The second kappa shape index (κ2) is 16.3. The summed E-state index contributed by atoms with van der Waals surface area (Å²) in [6.45, 7) is 0.783. The van der Waals surface area contributed by atoms with Crippen LogP contribution in [0.25, 0.3) is 0 Å². The van der Waals surface area contributed by atoms with Gasteiger partial charge < -0.3 is 35.0 Å². The molecular weight excluding hydrogens is 566 g/mol. The van der Waals surface area contributed by atoms with Crippen LogP contribution in [-0.4, -0.2) is 63.5 Å². The summed E-state index contributed by atoms with van der Waals surface area (Å²) in [5, 5.41) is 41.5. The standard InChI is InChI=1S/C33H41N3O8/c1-36(20-29(39)24-6-5-9-27(38)17-24)19-28-18-30(23-14-12-22(21-37)13-15-23)44-33(43-28)25-7-4-8-26(16-25)34-31(40)10-2-3-11-32(41)35-42/h4-9,12-17,28-30,33,37-39,42H,2-3,10-11,18-21H2,1H3,(H,34,40)(H,35,41). The summed E-state index contributed by atoms with van der Waals surface area (Å²) in [5.74, 6) is -0.575. The fourth-order valence-corrected chi connectivity index (χ4v) is 5.20. The van der Waals surface area contributed by atoms with Gasteiger partial charge in [0.05, 0.1) is 24.9 Å². The van der Waals surface area contributed by atoms with Crippen LogP contribution in [-0.2, 0) is 25.7 Å². The highest BCUT2D eigenvalue weighted by Crippen LogP contribution is 2.38. The van der Waals surface area contributed by atoms with Crippen molar-refractivity contribution in [2.45, 2.75) is 63.3 Å². The highest BCUT2D eigenvalue weighted by Gasteiger charge is 2.33. The molecule has 3 aromatic carbocycles. The Kier molecular flexibility index (Phi) is 12.2. The lowest BCUT2D eigenvalue weighted by molar-refractivity contribution is -0.252. The number of aliphatic hydroxyl groups excluding tert-OH is 2. The Morgan fingerprint density at radius 3 is 2.39 bits per heavy atom. The highest BCUT2D eigenvalue weighted by atomic mass is 16.7. The van der Waals surface area contributed by atoms with Crippen molar-refractivity contribution in [3.63, 3.8) is 0 Å². The number of nitrogens with zero attached hydrogens (tertiary/aromatic N) is 1. The van der Waals surface area contributed by atoms with E-state index in [4.69, 9.17) is 14.7 Å². The molecule has 1 saturated heterocycles. The topological polar surface area (TPSA) is 161 Å². The highest BCUT2D eigenvalue weighted by molar-refractivity contribution is 5.90. The Hall–Kier alpha value is -3.84. The normalized spacial score (nSPS) is 19.0. The predicted octanol–water partition coefficient (Wildman–Crippen LogP) is 4.10. The second-order valence-corrected chi connectivity index (χ2v) is 11.1. The molecule has 236 valence electrons. The summed E-state index contributed by atoms with van der Waals surface area (Å²) < 4.78 is 12.9. The van der Waals surface area contributed by atoms with E-state index in [1.165, 1.54) is 0 Å². The van der Waals surface area contributed by atoms with Gasteiger partial charge >= 0.3 is 0 Å². The zero-order valence-electron chi connectivity index (χ0n) is 24.8. The molecular formula is C33H41N3O8. The molecule has 11 nitrogen and oxygen atoms in total. The van der Waals surface area contributed by atoms with E-state index in [1.54, 1.807) is 35.8 Å². The maximum atomic E-state index is 12.5. The van der Waals surface area contributed by atoms with Crippen molar-refractivity contribution in [3.05, 3.63) is 95.1 Å². The van der Waals surface area contributed by atoms with Crippen LogP contribution in [0.15, 0.2) is 72.8 Å². The number of aromatic hydroxyl groups is 1. The lowest BCUT2D eigenvalue weighted by Gasteiger charge is -2.38. The van der Waals surface area contributed by atoms with Crippen molar-refractivity contribution >= 4 is 17.5 Å². The van der Waals surface area contributed by atoms with Gasteiger partial charge in [0.2, 0.25) is 11.8 Å². The summed E-state index contributed by atoms with van der Waals surface area (Å²) in [6.07, 6.45) is -0.168. The largest absolute Gasteiger partial charge is 0.508 e. The van der Waals surface area contributed by atoms with Gasteiger partial charge in [0.1, 0.15) is 5.75 Å². The van der Waals surface area contributed by atoms with Gasteiger partial charge in [-0.3, -0.25) is 14.8 Å². The predicted molar refractivity (Wildman–Crippen MR) is 162 cm³/mol. The third kappa shape index (κ3) is 9.84. The monoisotopic (exact) mass is 607 g/mol. The average Bonchev–Trinajstić information content (AvgIpc) is 3.03. The number of hydrogen-bond donors (Lipinski definition) is 6. The van der Waals surface area contributed by atoms with Gasteiger partial charge in [0, 0.05) is 43.6 Å². The first-order valence-corrected chi connectivity index (χ1v) is 14.7. The minimum absolute atomic E-state index is 0.0526. The molecule has 0 aliphatic carbocycles. The number of hydroxylamine groups is 1. The number of unbranched alkanes of at least 4 members (excludes halogenated alkanes) is 1. The summed E-state index contributed by atoms with van der Waals surface area (Å²) in [5.41, 5.74) is 5.27. The fourth-order valence-electron chi connectivity index (χ4n) is 5.20. The molecule has 0 aromatic heterocycles. The number of phenols is 1. The number of amides is 2. The minimum Gasteiger partial charge on any atom is -0.508 e. The molecule has 0 bridgehead atoms. The van der Waals surface area contributed by atoms with Gasteiger partial charge in [0.15, 0.2) is 6.29 Å². The molecule has 2 amide bonds. The smallest absolute Gasteiger partial charge is 0.243 e. The molecule has 0 saturated carbocycles. The number of anilines is 1. The Morgan fingerprint density at radius 1 is 0.955 bits per heavy atom. The van der Waals surface area contributed by atoms with Crippen LogP contribution >= 0.6 is 0 Å². The van der Waals surface area contributed by atoms with Gasteiger partial charge in [-0.15, -0.1) is 0 Å². The van der Waals surface area contributed by atoms with Crippen LogP contribution in [0.4, 0.5) is 5.69 Å². The molecule has 1 aliphatic rings. The van der Waals surface area contributed by atoms with Gasteiger partial charge in [-0.05, 0) is 60.8 Å². The zero-order valence-corrected chi connectivity index (χ0v) is 24.8. The van der Waals surface area contributed by atoms with Crippen LogP contribution in [0.5, 0.6) is 5.75 Å². The lowest BCUT2D eigenvalue weighted by Crippen LogP contribution is -2.39. The Morgan fingerprint density at radius 2 is 1.68 bits per heavy atom. The van der Waals surface area contributed by atoms with Crippen molar-refractivity contribution in [1.82, 2.24) is 10.4 Å². The van der Waals surface area contributed by atoms with Crippen molar-refractivity contribution in [2.24, 2.45) is 0 Å². The molecule has 11 heteroatoms. The molecule has 4 rings (SSSR count). The molecule has 0 spiro atoms. The number of ether oxygens (including phenoxy) is 2. The molecule has 6 N–H and O–H groups in total. The van der Waals surface area contributed by atoms with E-state index < -0.39 is 18.3 Å². The zero-order chi connectivity index (χ0) is 31.5. The SMILES string of the molecule is CN(CC1CC(c2ccc(CO)cc2)OC(c2cccc(NC(=O)CCCCC(=O)NO)c2)O1)CC(O)c1cccc(O)c1. The van der Waals surface area contributed by atoms with Crippen LogP contribution < -0.4 is 10.8 Å². The van der Waals surface area contributed by atoms with E-state index in [0.717, 1.165) is 16.7 Å². The first-order valence-electron chi connectivity index (χ1n) is 14.7. The van der Waals surface area contributed by atoms with Gasteiger partial charge in [-0.25, -0.2) is 5.48 Å². The molecule has 1 heterocycles.